The quantitative estimate of drug-likeness (QED) is 0.560. The summed E-state index contributed by atoms with van der Waals surface area (Å²) < 4.78 is 15.9. The number of rotatable bonds is 2. The van der Waals surface area contributed by atoms with Gasteiger partial charge in [-0.3, -0.25) is 5.84 Å². The molecule has 5 nitrogen and oxygen atoms in total. The Balaban J connectivity index is 2.07. The summed E-state index contributed by atoms with van der Waals surface area (Å²) >= 11 is 0. The molecule has 2 aliphatic rings. The van der Waals surface area contributed by atoms with Gasteiger partial charge in [-0.05, 0) is 30.2 Å². The molecule has 0 saturated carbocycles. The lowest BCUT2D eigenvalue weighted by molar-refractivity contribution is -0.0790. The van der Waals surface area contributed by atoms with Crippen molar-refractivity contribution in [1.29, 1.82) is 0 Å². The van der Waals surface area contributed by atoms with Crippen LogP contribution in [0, 0.1) is 6.92 Å². The molecule has 0 aliphatic carbocycles. The second kappa shape index (κ2) is 3.35. The number of hydrogen-bond acceptors (Lipinski definition) is 5. The summed E-state index contributed by atoms with van der Waals surface area (Å²) in [4.78, 5) is 0. The van der Waals surface area contributed by atoms with Crippen LogP contribution in [0.5, 0.6) is 11.5 Å². The van der Waals surface area contributed by atoms with Crippen LogP contribution in [-0.4, -0.2) is 20.0 Å². The van der Waals surface area contributed by atoms with Crippen LogP contribution >= 0.6 is 0 Å². The van der Waals surface area contributed by atoms with E-state index in [1.165, 1.54) is 0 Å². The zero-order valence-electron chi connectivity index (χ0n) is 9.08. The Labute approximate surface area is 93.4 Å². The molecule has 0 radical (unpaired) electrons. The number of hydrazine groups is 1. The van der Waals surface area contributed by atoms with Crippen molar-refractivity contribution in [3.63, 3.8) is 0 Å². The molecular formula is C11H14N2O3. The van der Waals surface area contributed by atoms with E-state index < -0.39 is 0 Å². The number of nitrogens with two attached hydrogens (primary N) is 1. The highest BCUT2D eigenvalue weighted by Gasteiger charge is 2.41. The summed E-state index contributed by atoms with van der Waals surface area (Å²) in [5.74, 6) is 7.19. The molecule has 0 aromatic heterocycles. The highest BCUT2D eigenvalue weighted by molar-refractivity contribution is 5.51. The van der Waals surface area contributed by atoms with E-state index >= 15 is 0 Å². The lowest BCUT2D eigenvalue weighted by Crippen LogP contribution is -2.60. The first-order chi connectivity index (χ1) is 7.75. The largest absolute Gasteiger partial charge is 0.454 e. The molecule has 1 saturated heterocycles. The minimum atomic E-state index is -0.273. The maximum atomic E-state index is 5.61. The summed E-state index contributed by atoms with van der Waals surface area (Å²) in [5, 5.41) is 0. The lowest BCUT2D eigenvalue weighted by atomic mass is 9.85. The van der Waals surface area contributed by atoms with Crippen LogP contribution in [0.3, 0.4) is 0 Å². The Hall–Kier alpha value is -1.30. The zero-order valence-corrected chi connectivity index (χ0v) is 9.08. The van der Waals surface area contributed by atoms with E-state index in [2.05, 4.69) is 5.43 Å². The van der Waals surface area contributed by atoms with Crippen LogP contribution in [0.25, 0.3) is 0 Å². The van der Waals surface area contributed by atoms with Crippen LogP contribution in [-0.2, 0) is 10.3 Å². The van der Waals surface area contributed by atoms with Crippen molar-refractivity contribution in [2.45, 2.75) is 12.5 Å². The number of hydrogen-bond donors (Lipinski definition) is 2. The number of nitrogens with one attached hydrogen (secondary N) is 1. The maximum Gasteiger partial charge on any atom is 0.231 e. The molecule has 1 aromatic rings. The third-order valence-electron chi connectivity index (χ3n) is 3.21. The predicted octanol–water partition coefficient (Wildman–Crippen LogP) is 0.413. The molecule has 0 amide bonds. The Morgan fingerprint density at radius 3 is 2.50 bits per heavy atom. The fraction of sp³-hybridized carbons (Fsp3) is 0.455. The van der Waals surface area contributed by atoms with Gasteiger partial charge in [-0.25, -0.2) is 5.43 Å². The van der Waals surface area contributed by atoms with Crippen LogP contribution in [0.4, 0.5) is 0 Å². The number of benzene rings is 1. The number of aryl methyl sites for hydroxylation is 1. The van der Waals surface area contributed by atoms with E-state index in [-0.39, 0.29) is 12.3 Å². The van der Waals surface area contributed by atoms with Gasteiger partial charge in [0, 0.05) is 0 Å². The van der Waals surface area contributed by atoms with Crippen LogP contribution in [0.15, 0.2) is 12.1 Å². The SMILES string of the molecule is Cc1cc2c(cc1C1(NN)COC1)OCO2. The maximum absolute atomic E-state index is 5.61. The summed E-state index contributed by atoms with van der Waals surface area (Å²) in [6, 6.07) is 3.97. The minimum absolute atomic E-state index is 0.273. The summed E-state index contributed by atoms with van der Waals surface area (Å²) in [5.41, 5.74) is 4.82. The normalized spacial score (nSPS) is 20.6. The molecule has 1 aromatic carbocycles. The van der Waals surface area contributed by atoms with Gasteiger partial charge in [0.05, 0.1) is 13.2 Å². The van der Waals surface area contributed by atoms with E-state index in [1.807, 2.05) is 19.1 Å². The van der Waals surface area contributed by atoms with Gasteiger partial charge in [-0.2, -0.15) is 0 Å². The average Bonchev–Trinajstić information content (AvgIpc) is 2.64. The fourth-order valence-electron chi connectivity index (χ4n) is 2.18. The molecule has 0 atom stereocenters. The van der Waals surface area contributed by atoms with Gasteiger partial charge in [-0.15, -0.1) is 0 Å². The standard InChI is InChI=1S/C11H14N2O3/c1-7-2-9-10(16-6-15-9)3-8(7)11(13-12)4-14-5-11/h2-3,13H,4-6,12H2,1H3. The monoisotopic (exact) mass is 222 g/mol. The summed E-state index contributed by atoms with van der Waals surface area (Å²) in [6.07, 6.45) is 0. The third kappa shape index (κ3) is 1.22. The summed E-state index contributed by atoms with van der Waals surface area (Å²) in [7, 11) is 0. The van der Waals surface area contributed by atoms with E-state index in [4.69, 9.17) is 20.1 Å². The number of fused-ring (bicyclic) bond motifs is 1. The van der Waals surface area contributed by atoms with Gasteiger partial charge in [0.25, 0.3) is 0 Å². The van der Waals surface area contributed by atoms with Crippen molar-refractivity contribution in [2.75, 3.05) is 20.0 Å². The highest BCUT2D eigenvalue weighted by Crippen LogP contribution is 2.40. The van der Waals surface area contributed by atoms with Crippen LogP contribution in [0.1, 0.15) is 11.1 Å². The molecule has 2 heterocycles. The van der Waals surface area contributed by atoms with Crippen molar-refractivity contribution in [3.8, 4) is 11.5 Å². The van der Waals surface area contributed by atoms with Crippen molar-refractivity contribution < 1.29 is 14.2 Å². The highest BCUT2D eigenvalue weighted by atomic mass is 16.7. The van der Waals surface area contributed by atoms with Crippen molar-refractivity contribution in [2.24, 2.45) is 5.84 Å². The molecule has 0 unspecified atom stereocenters. The zero-order chi connectivity index (χ0) is 11.2. The Morgan fingerprint density at radius 2 is 1.94 bits per heavy atom. The van der Waals surface area contributed by atoms with E-state index in [1.54, 1.807) is 0 Å². The Kier molecular flexibility index (Phi) is 2.07. The van der Waals surface area contributed by atoms with Gasteiger partial charge >= 0.3 is 0 Å². The molecule has 3 N–H and O–H groups in total. The van der Waals surface area contributed by atoms with Crippen LogP contribution < -0.4 is 20.7 Å². The first kappa shape index (κ1) is 9.89. The average molecular weight is 222 g/mol. The fourth-order valence-corrected chi connectivity index (χ4v) is 2.18. The van der Waals surface area contributed by atoms with Crippen LogP contribution in [0.2, 0.25) is 0 Å². The number of ether oxygens (including phenoxy) is 3. The first-order valence-electron chi connectivity index (χ1n) is 5.21. The van der Waals surface area contributed by atoms with Gasteiger partial charge in [-0.1, -0.05) is 0 Å². The lowest BCUT2D eigenvalue weighted by Gasteiger charge is -2.42. The first-order valence-corrected chi connectivity index (χ1v) is 5.21. The third-order valence-corrected chi connectivity index (χ3v) is 3.21. The predicted molar refractivity (Wildman–Crippen MR) is 57.1 cm³/mol. The molecule has 3 rings (SSSR count). The van der Waals surface area contributed by atoms with E-state index in [0.717, 1.165) is 22.6 Å². The molecule has 1 fully saturated rings. The van der Waals surface area contributed by atoms with Gasteiger partial charge < -0.3 is 14.2 Å². The van der Waals surface area contributed by atoms with E-state index in [0.29, 0.717) is 13.2 Å². The Morgan fingerprint density at radius 1 is 1.25 bits per heavy atom. The molecule has 0 bridgehead atoms. The van der Waals surface area contributed by atoms with Gasteiger partial charge in [0.15, 0.2) is 11.5 Å². The molecule has 86 valence electrons. The minimum Gasteiger partial charge on any atom is -0.454 e. The molecular weight excluding hydrogens is 208 g/mol. The van der Waals surface area contributed by atoms with Crippen molar-refractivity contribution in [3.05, 3.63) is 23.3 Å². The van der Waals surface area contributed by atoms with E-state index in [9.17, 15) is 0 Å². The second-order valence-electron chi connectivity index (χ2n) is 4.24. The molecule has 5 heteroatoms. The smallest absolute Gasteiger partial charge is 0.231 e. The summed E-state index contributed by atoms with van der Waals surface area (Å²) in [6.45, 7) is 3.50. The van der Waals surface area contributed by atoms with Gasteiger partial charge in [0.2, 0.25) is 6.79 Å². The molecule has 16 heavy (non-hydrogen) atoms. The van der Waals surface area contributed by atoms with Crippen molar-refractivity contribution >= 4 is 0 Å². The van der Waals surface area contributed by atoms with Crippen molar-refractivity contribution in [1.82, 2.24) is 5.43 Å². The van der Waals surface area contributed by atoms with Gasteiger partial charge in [0.1, 0.15) is 5.54 Å². The Bertz CT molecular complexity index is 424. The topological polar surface area (TPSA) is 65.7 Å². The molecule has 2 aliphatic heterocycles. The second-order valence-corrected chi connectivity index (χ2v) is 4.24. The molecule has 0 spiro atoms.